The van der Waals surface area contributed by atoms with Gasteiger partial charge in [0.05, 0.1) is 0 Å². The Balaban J connectivity index is 2.88. The molecule has 3 heteroatoms. The van der Waals surface area contributed by atoms with Gasteiger partial charge in [0, 0.05) is 16.6 Å². The third-order valence-electron chi connectivity index (χ3n) is 1.03. The van der Waals surface area contributed by atoms with Crippen molar-refractivity contribution in [3.63, 3.8) is 0 Å². The summed E-state index contributed by atoms with van der Waals surface area (Å²) in [5, 5.41) is 10.5. The van der Waals surface area contributed by atoms with E-state index in [-0.39, 0.29) is 0 Å². The van der Waals surface area contributed by atoms with Gasteiger partial charge >= 0.3 is 0 Å². The molecule has 1 heterocycles. The predicted molar refractivity (Wildman–Crippen MR) is 43.1 cm³/mol. The van der Waals surface area contributed by atoms with Crippen LogP contribution in [0.3, 0.4) is 0 Å². The molecule has 1 rings (SSSR count). The molecule has 9 heavy (non-hydrogen) atoms. The maximum absolute atomic E-state index is 10.5. The second-order valence-electron chi connectivity index (χ2n) is 1.70. The van der Waals surface area contributed by atoms with Crippen LogP contribution in [0.15, 0.2) is 24.5 Å². The third kappa shape index (κ3) is 1.82. The van der Waals surface area contributed by atoms with Crippen molar-refractivity contribution in [3.05, 3.63) is 35.3 Å². The van der Waals surface area contributed by atoms with E-state index in [1.807, 2.05) is 12.1 Å². The van der Waals surface area contributed by atoms with E-state index in [1.54, 1.807) is 0 Å². The summed E-state index contributed by atoms with van der Waals surface area (Å²) in [6.07, 6.45) is 3.02. The lowest BCUT2D eigenvalue weighted by Crippen LogP contribution is -2.23. The molecule has 0 amide bonds. The first kappa shape index (κ1) is 6.80. The number of hydrogen-bond donors (Lipinski definition) is 0. The first-order valence-electron chi connectivity index (χ1n) is 2.56. The van der Waals surface area contributed by atoms with Crippen molar-refractivity contribution in [1.82, 2.24) is 0 Å². The highest BCUT2D eigenvalue weighted by Gasteiger charge is 1.89. The van der Waals surface area contributed by atoms with Gasteiger partial charge in [-0.3, -0.25) is 0 Å². The summed E-state index contributed by atoms with van der Waals surface area (Å²) in [6.45, 7) is 0. The number of nitrogens with zero attached hydrogens (tertiary/aromatic N) is 1. The Hall–Kier alpha value is -0.320. The first-order valence-corrected chi connectivity index (χ1v) is 4.09. The maximum atomic E-state index is 10.5. The molecule has 0 fully saturated rings. The van der Waals surface area contributed by atoms with Crippen molar-refractivity contribution in [3.8, 4) is 0 Å². The van der Waals surface area contributed by atoms with Gasteiger partial charge in [-0.25, -0.2) is 0 Å². The number of pyridine rings is 1. The number of alkyl halides is 1. The van der Waals surface area contributed by atoms with Crippen molar-refractivity contribution in [2.45, 2.75) is 4.43 Å². The molecule has 1 aromatic rings. The van der Waals surface area contributed by atoms with E-state index < -0.39 is 0 Å². The Bertz CT molecular complexity index is 185. The van der Waals surface area contributed by atoms with E-state index in [1.165, 1.54) is 18.0 Å². The number of hydrogen-bond acceptors (Lipinski definition) is 1. The van der Waals surface area contributed by atoms with Crippen molar-refractivity contribution in [2.75, 3.05) is 0 Å². The Kier molecular flexibility index (Phi) is 2.27. The quantitative estimate of drug-likeness (QED) is 0.311. The molecule has 0 aromatic carbocycles. The molecule has 0 aliphatic carbocycles. The second-order valence-corrected chi connectivity index (χ2v) is 2.46. The van der Waals surface area contributed by atoms with Crippen LogP contribution in [0.25, 0.3) is 0 Å². The van der Waals surface area contributed by atoms with Crippen molar-refractivity contribution in [2.24, 2.45) is 0 Å². The Morgan fingerprint density at radius 2 is 2.00 bits per heavy atom. The minimum atomic E-state index is 0.787. The van der Waals surface area contributed by atoms with Gasteiger partial charge < -0.3 is 5.21 Å². The van der Waals surface area contributed by atoms with Gasteiger partial charge in [0.1, 0.15) is 0 Å². The van der Waals surface area contributed by atoms with Crippen molar-refractivity contribution < 1.29 is 4.73 Å². The fraction of sp³-hybridized carbons (Fsp3) is 0.167. The zero-order valence-electron chi connectivity index (χ0n) is 4.75. The van der Waals surface area contributed by atoms with Crippen LogP contribution in [0.4, 0.5) is 0 Å². The summed E-state index contributed by atoms with van der Waals surface area (Å²) in [7, 11) is 0. The molecule has 48 valence electrons. The topological polar surface area (TPSA) is 26.9 Å². The van der Waals surface area contributed by atoms with Gasteiger partial charge in [-0.05, 0) is 5.56 Å². The average Bonchev–Trinajstić information content (AvgIpc) is 1.90. The molecular formula is C6H6INO. The van der Waals surface area contributed by atoms with Gasteiger partial charge in [0.25, 0.3) is 0 Å². The van der Waals surface area contributed by atoms with Crippen LogP contribution >= 0.6 is 22.6 Å². The van der Waals surface area contributed by atoms with Gasteiger partial charge in [-0.1, -0.05) is 22.6 Å². The summed E-state index contributed by atoms with van der Waals surface area (Å²) < 4.78 is 1.74. The van der Waals surface area contributed by atoms with E-state index in [9.17, 15) is 5.21 Å². The lowest BCUT2D eigenvalue weighted by molar-refractivity contribution is -0.605. The third-order valence-corrected chi connectivity index (χ3v) is 1.91. The normalized spacial score (nSPS) is 9.44. The first-order chi connectivity index (χ1) is 4.33. The highest BCUT2D eigenvalue weighted by Crippen LogP contribution is 2.00. The van der Waals surface area contributed by atoms with Crippen LogP contribution in [0.1, 0.15) is 5.56 Å². The van der Waals surface area contributed by atoms with Gasteiger partial charge in [0.15, 0.2) is 12.4 Å². The van der Waals surface area contributed by atoms with Crippen LogP contribution in [-0.4, -0.2) is 0 Å². The monoisotopic (exact) mass is 235 g/mol. The maximum Gasteiger partial charge on any atom is 0.180 e. The zero-order valence-corrected chi connectivity index (χ0v) is 6.91. The van der Waals surface area contributed by atoms with E-state index in [2.05, 4.69) is 22.6 Å². The minimum Gasteiger partial charge on any atom is -0.619 e. The van der Waals surface area contributed by atoms with Crippen LogP contribution < -0.4 is 4.73 Å². The van der Waals surface area contributed by atoms with Crippen LogP contribution in [0.5, 0.6) is 0 Å². The van der Waals surface area contributed by atoms with Crippen LogP contribution in [-0.2, 0) is 4.43 Å². The summed E-state index contributed by atoms with van der Waals surface area (Å²) in [4.78, 5) is 0. The Morgan fingerprint density at radius 1 is 1.44 bits per heavy atom. The molecule has 0 unspecified atom stereocenters. The molecule has 0 aliphatic rings. The van der Waals surface area contributed by atoms with Gasteiger partial charge in [0.2, 0.25) is 0 Å². The molecule has 0 saturated carbocycles. The minimum absolute atomic E-state index is 0.787. The number of rotatable bonds is 1. The SMILES string of the molecule is [O-][n+]1ccc(CI)cc1. The Morgan fingerprint density at radius 3 is 2.44 bits per heavy atom. The molecule has 0 bridgehead atoms. The molecular weight excluding hydrogens is 229 g/mol. The van der Waals surface area contributed by atoms with E-state index in [0.29, 0.717) is 0 Å². The lowest BCUT2D eigenvalue weighted by atomic mass is 10.3. The highest BCUT2D eigenvalue weighted by atomic mass is 127. The molecule has 0 saturated heterocycles. The zero-order chi connectivity index (χ0) is 6.69. The molecule has 1 aromatic heterocycles. The second kappa shape index (κ2) is 3.00. The Labute approximate surface area is 67.2 Å². The standard InChI is InChI=1S/C6H6INO/c7-5-6-1-3-8(9)4-2-6/h1-4H,5H2. The molecule has 0 spiro atoms. The smallest absolute Gasteiger partial charge is 0.180 e. The number of halogens is 1. The number of aromatic nitrogens is 1. The molecule has 0 atom stereocenters. The van der Waals surface area contributed by atoms with E-state index in [4.69, 9.17) is 0 Å². The van der Waals surface area contributed by atoms with E-state index >= 15 is 0 Å². The van der Waals surface area contributed by atoms with Crippen LogP contribution in [0, 0.1) is 5.21 Å². The fourth-order valence-electron chi connectivity index (χ4n) is 0.533. The lowest BCUT2D eigenvalue weighted by Gasteiger charge is -1.94. The summed E-state index contributed by atoms with van der Waals surface area (Å²) >= 11 is 2.25. The predicted octanol–water partition coefficient (Wildman–Crippen LogP) is 1.26. The van der Waals surface area contributed by atoms with Crippen molar-refractivity contribution in [1.29, 1.82) is 0 Å². The summed E-state index contributed by atoms with van der Waals surface area (Å²) in [6, 6.07) is 3.64. The molecule has 0 radical (unpaired) electrons. The van der Waals surface area contributed by atoms with Crippen LogP contribution in [0.2, 0.25) is 0 Å². The summed E-state index contributed by atoms with van der Waals surface area (Å²) in [5.74, 6) is 0. The summed E-state index contributed by atoms with van der Waals surface area (Å²) in [5.41, 5.74) is 1.18. The average molecular weight is 235 g/mol. The van der Waals surface area contributed by atoms with Gasteiger partial charge in [-0.2, -0.15) is 4.73 Å². The largest absolute Gasteiger partial charge is 0.619 e. The fourth-order valence-corrected chi connectivity index (χ4v) is 1.04. The molecule has 0 N–H and O–H groups in total. The molecule has 2 nitrogen and oxygen atoms in total. The van der Waals surface area contributed by atoms with Gasteiger partial charge in [-0.15, -0.1) is 0 Å². The van der Waals surface area contributed by atoms with Crippen molar-refractivity contribution >= 4 is 22.6 Å². The van der Waals surface area contributed by atoms with E-state index in [0.717, 1.165) is 9.16 Å². The highest BCUT2D eigenvalue weighted by molar-refractivity contribution is 14.1. The molecule has 0 aliphatic heterocycles.